The molecular formula is C26H54OSiSn. The van der Waals surface area contributed by atoms with Crippen molar-refractivity contribution < 1.29 is 4.43 Å². The van der Waals surface area contributed by atoms with Crippen molar-refractivity contribution in [3.05, 3.63) is 10.2 Å². The van der Waals surface area contributed by atoms with Crippen LogP contribution >= 0.6 is 0 Å². The minimum absolute atomic E-state index is 0.399. The van der Waals surface area contributed by atoms with E-state index in [-0.39, 0.29) is 0 Å². The zero-order chi connectivity index (χ0) is 21.8. The van der Waals surface area contributed by atoms with Crippen molar-refractivity contribution in [1.29, 1.82) is 0 Å². The van der Waals surface area contributed by atoms with E-state index in [0.29, 0.717) is 11.5 Å². The van der Waals surface area contributed by atoms with Crippen LogP contribution in [0.4, 0.5) is 0 Å². The maximum absolute atomic E-state index is 6.94. The van der Waals surface area contributed by atoms with Crippen LogP contribution < -0.4 is 0 Å². The Morgan fingerprint density at radius 3 is 1.66 bits per heavy atom. The van der Waals surface area contributed by atoms with Gasteiger partial charge in [0.1, 0.15) is 0 Å². The van der Waals surface area contributed by atoms with Crippen LogP contribution in [0.1, 0.15) is 105 Å². The van der Waals surface area contributed by atoms with E-state index in [0.717, 1.165) is 0 Å². The molecule has 172 valence electrons. The van der Waals surface area contributed by atoms with Crippen molar-refractivity contribution in [2.75, 3.05) is 0 Å². The summed E-state index contributed by atoms with van der Waals surface area (Å²) in [4.78, 5) is 0. The zero-order valence-corrected chi connectivity index (χ0v) is 25.1. The van der Waals surface area contributed by atoms with Gasteiger partial charge in [-0.15, -0.1) is 0 Å². The van der Waals surface area contributed by atoms with Crippen molar-refractivity contribution in [3.8, 4) is 0 Å². The van der Waals surface area contributed by atoms with E-state index in [4.69, 9.17) is 4.43 Å². The normalized spacial score (nSPS) is 18.2. The van der Waals surface area contributed by atoms with Gasteiger partial charge in [-0.3, -0.25) is 0 Å². The summed E-state index contributed by atoms with van der Waals surface area (Å²) in [7, 11) is -1.55. The van der Waals surface area contributed by atoms with Crippen molar-refractivity contribution >= 4 is 26.7 Å². The summed E-state index contributed by atoms with van der Waals surface area (Å²) in [5, 5.41) is 0. The molecule has 1 nitrogen and oxygen atoms in total. The van der Waals surface area contributed by atoms with Crippen LogP contribution in [0.5, 0.6) is 0 Å². The van der Waals surface area contributed by atoms with Gasteiger partial charge in [0.15, 0.2) is 0 Å². The summed E-state index contributed by atoms with van der Waals surface area (Å²) in [6.45, 7) is 16.7. The Morgan fingerprint density at radius 1 is 0.828 bits per heavy atom. The summed E-state index contributed by atoms with van der Waals surface area (Å²) in [6, 6.07) is 0. The van der Waals surface area contributed by atoms with Gasteiger partial charge in [-0.2, -0.15) is 0 Å². The van der Waals surface area contributed by atoms with E-state index >= 15 is 0 Å². The average molecular weight is 530 g/mol. The standard InChI is InChI=1S/C14H27OSi.3C4H9.Sn/c1-6-8-10-14(11-9-12-14)13(7-2)15-16(3,4)5;3*1-3-4-2;/h2,7,13H,6,8-12H2,1,3-5H3;3*1,3-4H2,2H3;. The molecule has 0 saturated heterocycles. The topological polar surface area (TPSA) is 9.23 Å². The molecule has 0 amide bonds. The molecule has 1 aliphatic carbocycles. The molecule has 0 aromatic carbocycles. The van der Waals surface area contributed by atoms with Crippen LogP contribution in [-0.2, 0) is 4.43 Å². The molecule has 0 aliphatic heterocycles. The molecule has 1 atom stereocenters. The molecule has 0 spiro atoms. The van der Waals surface area contributed by atoms with E-state index in [1.807, 2.05) is 0 Å². The fraction of sp³-hybridized carbons (Fsp3) is 0.923. The molecule has 0 aromatic heterocycles. The first-order valence-electron chi connectivity index (χ1n) is 13.1. The van der Waals surface area contributed by atoms with Gasteiger partial charge in [0.05, 0.1) is 0 Å². The predicted molar refractivity (Wildman–Crippen MR) is 138 cm³/mol. The minimum atomic E-state index is -2.23. The number of hydrogen-bond donors (Lipinski definition) is 0. The summed E-state index contributed by atoms with van der Waals surface area (Å²) < 4.78 is 14.6. The third kappa shape index (κ3) is 9.81. The Hall–Kier alpha value is 0.716. The molecule has 29 heavy (non-hydrogen) atoms. The van der Waals surface area contributed by atoms with Gasteiger partial charge in [-0.1, -0.05) is 0 Å². The van der Waals surface area contributed by atoms with Crippen molar-refractivity contribution in [2.24, 2.45) is 5.41 Å². The Balaban J connectivity index is 3.15. The van der Waals surface area contributed by atoms with Crippen LogP contribution in [-0.4, -0.2) is 32.8 Å². The van der Waals surface area contributed by atoms with Gasteiger partial charge >= 0.3 is 191 Å². The second kappa shape index (κ2) is 14.0. The Kier molecular flexibility index (Phi) is 13.4. The molecular weight excluding hydrogens is 475 g/mol. The molecule has 0 bridgehead atoms. The Bertz CT molecular complexity index is 428. The van der Waals surface area contributed by atoms with E-state index in [1.165, 1.54) is 77.0 Å². The molecule has 0 aromatic rings. The van der Waals surface area contributed by atoms with Crippen LogP contribution in [0.2, 0.25) is 33.0 Å². The number of hydrogen-bond acceptors (Lipinski definition) is 1. The zero-order valence-electron chi connectivity index (χ0n) is 21.2. The second-order valence-corrected chi connectivity index (χ2v) is 28.5. The quantitative estimate of drug-likeness (QED) is 0.171. The van der Waals surface area contributed by atoms with E-state index < -0.39 is 26.7 Å². The van der Waals surface area contributed by atoms with Gasteiger partial charge in [0.25, 0.3) is 0 Å². The fourth-order valence-electron chi connectivity index (χ4n) is 5.09. The molecule has 3 heteroatoms. The molecule has 1 rings (SSSR count). The van der Waals surface area contributed by atoms with Crippen LogP contribution in [0.15, 0.2) is 10.2 Å². The van der Waals surface area contributed by atoms with Gasteiger partial charge in [-0.05, 0) is 0 Å². The monoisotopic (exact) mass is 530 g/mol. The van der Waals surface area contributed by atoms with E-state index in [9.17, 15) is 0 Å². The fourth-order valence-corrected chi connectivity index (χ4v) is 20.5. The molecule has 1 unspecified atom stereocenters. The summed E-state index contributed by atoms with van der Waals surface area (Å²) in [5.74, 6) is 0. The summed E-state index contributed by atoms with van der Waals surface area (Å²) in [6.07, 6.45) is 19.8. The molecule has 1 fully saturated rings. The van der Waals surface area contributed by atoms with Crippen LogP contribution in [0, 0.1) is 5.41 Å². The van der Waals surface area contributed by atoms with Crippen molar-refractivity contribution in [3.63, 3.8) is 0 Å². The second-order valence-electron chi connectivity index (χ2n) is 11.0. The molecule has 0 radical (unpaired) electrons. The molecule has 0 N–H and O–H groups in total. The average Bonchev–Trinajstić information content (AvgIpc) is 2.64. The first-order chi connectivity index (χ1) is 13.8. The number of unbranched alkanes of at least 4 members (excludes halogenated alkanes) is 4. The Morgan fingerprint density at radius 2 is 1.31 bits per heavy atom. The van der Waals surface area contributed by atoms with Crippen molar-refractivity contribution in [1.82, 2.24) is 0 Å². The molecule has 0 heterocycles. The van der Waals surface area contributed by atoms with Gasteiger partial charge in [0.2, 0.25) is 0 Å². The maximum atomic E-state index is 6.94. The van der Waals surface area contributed by atoms with Gasteiger partial charge in [0, 0.05) is 0 Å². The summed E-state index contributed by atoms with van der Waals surface area (Å²) >= 11 is -2.23. The first-order valence-corrected chi connectivity index (χ1v) is 24.2. The van der Waals surface area contributed by atoms with E-state index in [1.54, 1.807) is 13.3 Å². The third-order valence-corrected chi connectivity index (χ3v) is 22.3. The first kappa shape index (κ1) is 27.7. The van der Waals surface area contributed by atoms with Gasteiger partial charge < -0.3 is 0 Å². The number of rotatable bonds is 17. The Labute approximate surface area is 189 Å². The predicted octanol–water partition coefficient (Wildman–Crippen LogP) is 9.51. The van der Waals surface area contributed by atoms with Gasteiger partial charge in [-0.25, -0.2) is 0 Å². The SMILES string of the molecule is CCCCC1(C(/C=[CH]/[Sn]([CH2]CCC)([CH2]CCC)[CH2]CCC)O[Si](C)(C)C)CCC1. The van der Waals surface area contributed by atoms with E-state index in [2.05, 4.69) is 57.5 Å². The van der Waals surface area contributed by atoms with Crippen molar-refractivity contribution in [2.45, 2.75) is 144 Å². The van der Waals surface area contributed by atoms with Crippen LogP contribution in [0.3, 0.4) is 0 Å². The molecule has 1 saturated carbocycles. The van der Waals surface area contributed by atoms with Crippen LogP contribution in [0.25, 0.3) is 0 Å². The molecule has 1 aliphatic rings. The summed E-state index contributed by atoms with van der Waals surface area (Å²) in [5.41, 5.74) is 0.463. The third-order valence-electron chi connectivity index (χ3n) is 7.17.